The largest absolute Gasteiger partial charge is 0.491 e. The molecule has 0 amide bonds. The molecule has 0 saturated carbocycles. The summed E-state index contributed by atoms with van der Waals surface area (Å²) in [7, 11) is 0. The van der Waals surface area contributed by atoms with Gasteiger partial charge in [0.15, 0.2) is 5.76 Å². The van der Waals surface area contributed by atoms with Crippen molar-refractivity contribution in [3.63, 3.8) is 0 Å². The van der Waals surface area contributed by atoms with E-state index in [0.29, 0.717) is 6.61 Å². The number of aromatic nitrogens is 1. The van der Waals surface area contributed by atoms with Crippen LogP contribution in [-0.2, 0) is 0 Å². The van der Waals surface area contributed by atoms with E-state index in [9.17, 15) is 0 Å². The molecule has 0 aliphatic rings. The van der Waals surface area contributed by atoms with Gasteiger partial charge in [-0.15, -0.1) is 0 Å². The number of para-hydroxylation sites is 1. The van der Waals surface area contributed by atoms with Crippen LogP contribution in [0.3, 0.4) is 0 Å². The zero-order chi connectivity index (χ0) is 14.4. The maximum atomic E-state index is 5.91. The fraction of sp³-hybridized carbons (Fsp3) is 0.438. The van der Waals surface area contributed by atoms with Gasteiger partial charge in [-0.1, -0.05) is 31.1 Å². The van der Waals surface area contributed by atoms with Gasteiger partial charge < -0.3 is 14.2 Å². The van der Waals surface area contributed by atoms with Gasteiger partial charge in [-0.2, -0.15) is 0 Å². The van der Waals surface area contributed by atoms with Gasteiger partial charge in [0.1, 0.15) is 12.4 Å². The van der Waals surface area contributed by atoms with E-state index < -0.39 is 0 Å². The zero-order valence-corrected chi connectivity index (χ0v) is 12.4. The lowest BCUT2D eigenvalue weighted by molar-refractivity contribution is 0.223. The second-order valence-electron chi connectivity index (χ2n) is 4.70. The highest BCUT2D eigenvalue weighted by molar-refractivity contribution is 5.65. The van der Waals surface area contributed by atoms with Gasteiger partial charge in [0, 0.05) is 12.6 Å². The summed E-state index contributed by atoms with van der Waals surface area (Å²) in [5, 5.41) is 3.93. The maximum Gasteiger partial charge on any atom is 0.170 e. The summed E-state index contributed by atoms with van der Waals surface area (Å²) in [4.78, 5) is 2.33. The number of hydrogen-bond donors (Lipinski definition) is 0. The normalized spacial score (nSPS) is 11.0. The van der Waals surface area contributed by atoms with E-state index in [2.05, 4.69) is 23.9 Å². The van der Waals surface area contributed by atoms with Crippen molar-refractivity contribution in [3.05, 3.63) is 36.0 Å². The van der Waals surface area contributed by atoms with Crippen LogP contribution in [0.4, 0.5) is 0 Å². The molecule has 4 heteroatoms. The Kier molecular flexibility index (Phi) is 5.18. The van der Waals surface area contributed by atoms with Crippen molar-refractivity contribution in [1.29, 1.82) is 0 Å². The molecule has 1 aromatic carbocycles. The molecular formula is C16H22N2O2. The molecule has 0 aliphatic carbocycles. The highest BCUT2D eigenvalue weighted by atomic mass is 16.5. The van der Waals surface area contributed by atoms with Crippen LogP contribution >= 0.6 is 0 Å². The highest BCUT2D eigenvalue weighted by Crippen LogP contribution is 2.30. The molecule has 0 atom stereocenters. The molecule has 1 heterocycles. The van der Waals surface area contributed by atoms with Crippen molar-refractivity contribution in [2.75, 3.05) is 26.2 Å². The smallest absolute Gasteiger partial charge is 0.170 e. The van der Waals surface area contributed by atoms with Gasteiger partial charge in [-0.3, -0.25) is 0 Å². The standard InChI is InChI=1S/C16H22N2O2/c1-4-18(5-2)10-11-19-15-9-7-6-8-14(15)16-12-13(3)17-20-16/h6-9,12H,4-5,10-11H2,1-3H3. The Hall–Kier alpha value is -1.81. The molecule has 0 fully saturated rings. The van der Waals surface area contributed by atoms with Crippen LogP contribution in [-0.4, -0.2) is 36.3 Å². The van der Waals surface area contributed by atoms with Crippen LogP contribution < -0.4 is 4.74 Å². The Morgan fingerprint density at radius 2 is 1.95 bits per heavy atom. The van der Waals surface area contributed by atoms with Gasteiger partial charge in [-0.25, -0.2) is 0 Å². The summed E-state index contributed by atoms with van der Waals surface area (Å²) in [5.41, 5.74) is 1.82. The first kappa shape index (κ1) is 14.6. The predicted octanol–water partition coefficient (Wildman–Crippen LogP) is 3.37. The van der Waals surface area contributed by atoms with Gasteiger partial charge in [-0.05, 0) is 32.1 Å². The number of rotatable bonds is 7. The molecule has 0 unspecified atom stereocenters. The Morgan fingerprint density at radius 1 is 1.20 bits per heavy atom. The lowest BCUT2D eigenvalue weighted by Gasteiger charge is -2.18. The SMILES string of the molecule is CCN(CC)CCOc1ccccc1-c1cc(C)no1. The summed E-state index contributed by atoms with van der Waals surface area (Å²) >= 11 is 0. The topological polar surface area (TPSA) is 38.5 Å². The van der Waals surface area contributed by atoms with Crippen molar-refractivity contribution in [2.24, 2.45) is 0 Å². The zero-order valence-electron chi connectivity index (χ0n) is 12.4. The molecule has 2 aromatic rings. The average molecular weight is 274 g/mol. The summed E-state index contributed by atoms with van der Waals surface area (Å²) < 4.78 is 11.2. The lowest BCUT2D eigenvalue weighted by atomic mass is 10.1. The number of hydrogen-bond acceptors (Lipinski definition) is 4. The number of nitrogens with zero attached hydrogens (tertiary/aromatic N) is 2. The third-order valence-corrected chi connectivity index (χ3v) is 3.34. The molecule has 0 N–H and O–H groups in total. The van der Waals surface area contributed by atoms with Gasteiger partial charge >= 0.3 is 0 Å². The number of aryl methyl sites for hydroxylation is 1. The fourth-order valence-electron chi connectivity index (χ4n) is 2.11. The van der Waals surface area contributed by atoms with Gasteiger partial charge in [0.05, 0.1) is 11.3 Å². The minimum absolute atomic E-state index is 0.672. The molecule has 0 radical (unpaired) electrons. The van der Waals surface area contributed by atoms with Crippen LogP contribution in [0.25, 0.3) is 11.3 Å². The maximum absolute atomic E-state index is 5.91. The van der Waals surface area contributed by atoms with Crippen molar-refractivity contribution in [1.82, 2.24) is 10.1 Å². The van der Waals surface area contributed by atoms with Crippen molar-refractivity contribution >= 4 is 0 Å². The minimum Gasteiger partial charge on any atom is -0.491 e. The Labute approximate surface area is 120 Å². The first-order chi connectivity index (χ1) is 9.74. The first-order valence-electron chi connectivity index (χ1n) is 7.12. The van der Waals surface area contributed by atoms with Crippen molar-refractivity contribution < 1.29 is 9.26 Å². The number of ether oxygens (including phenoxy) is 1. The Balaban J connectivity index is 2.05. The van der Waals surface area contributed by atoms with E-state index in [-0.39, 0.29) is 0 Å². The molecular weight excluding hydrogens is 252 g/mol. The minimum atomic E-state index is 0.672. The monoisotopic (exact) mass is 274 g/mol. The summed E-state index contributed by atoms with van der Waals surface area (Å²) in [5.74, 6) is 1.59. The predicted molar refractivity (Wildman–Crippen MR) is 80.0 cm³/mol. The molecule has 0 saturated heterocycles. The fourth-order valence-corrected chi connectivity index (χ4v) is 2.11. The Morgan fingerprint density at radius 3 is 2.60 bits per heavy atom. The second kappa shape index (κ2) is 7.10. The van der Waals surface area contributed by atoms with E-state index in [4.69, 9.17) is 9.26 Å². The number of benzene rings is 1. The van der Waals surface area contributed by atoms with Crippen molar-refractivity contribution in [3.8, 4) is 17.1 Å². The average Bonchev–Trinajstić information content (AvgIpc) is 2.90. The van der Waals surface area contributed by atoms with Crippen LogP contribution in [0.5, 0.6) is 5.75 Å². The lowest BCUT2D eigenvalue weighted by Crippen LogP contribution is -2.27. The Bertz CT molecular complexity index is 533. The summed E-state index contributed by atoms with van der Waals surface area (Å²) in [6.45, 7) is 9.93. The highest BCUT2D eigenvalue weighted by Gasteiger charge is 2.10. The molecule has 108 valence electrons. The van der Waals surface area contributed by atoms with Gasteiger partial charge in [0.2, 0.25) is 0 Å². The van der Waals surface area contributed by atoms with E-state index in [1.165, 1.54) is 0 Å². The quantitative estimate of drug-likeness (QED) is 0.776. The molecule has 0 spiro atoms. The third-order valence-electron chi connectivity index (χ3n) is 3.34. The summed E-state index contributed by atoms with van der Waals surface area (Å²) in [6.07, 6.45) is 0. The van der Waals surface area contributed by atoms with Gasteiger partial charge in [0.25, 0.3) is 0 Å². The third kappa shape index (κ3) is 3.61. The van der Waals surface area contributed by atoms with Crippen molar-refractivity contribution in [2.45, 2.75) is 20.8 Å². The first-order valence-corrected chi connectivity index (χ1v) is 7.12. The molecule has 0 bridgehead atoms. The van der Waals surface area contributed by atoms with Crippen LogP contribution in [0.15, 0.2) is 34.9 Å². The van der Waals surface area contributed by atoms with Crippen LogP contribution in [0.2, 0.25) is 0 Å². The van der Waals surface area contributed by atoms with E-state index in [1.807, 2.05) is 37.3 Å². The van der Waals surface area contributed by atoms with E-state index >= 15 is 0 Å². The molecule has 2 rings (SSSR count). The second-order valence-corrected chi connectivity index (χ2v) is 4.70. The molecule has 4 nitrogen and oxygen atoms in total. The molecule has 20 heavy (non-hydrogen) atoms. The van der Waals surface area contributed by atoms with Crippen LogP contribution in [0.1, 0.15) is 19.5 Å². The van der Waals surface area contributed by atoms with E-state index in [1.54, 1.807) is 0 Å². The van der Waals surface area contributed by atoms with Crippen LogP contribution in [0, 0.1) is 6.92 Å². The summed E-state index contributed by atoms with van der Waals surface area (Å²) in [6, 6.07) is 9.83. The number of likely N-dealkylation sites (N-methyl/N-ethyl adjacent to an activating group) is 1. The van der Waals surface area contributed by atoms with E-state index in [0.717, 1.165) is 42.4 Å². The molecule has 0 aliphatic heterocycles. The molecule has 1 aromatic heterocycles.